The number of amides is 1. The number of ether oxygens (including phenoxy) is 1. The van der Waals surface area contributed by atoms with Gasteiger partial charge in [-0.1, -0.05) is 11.6 Å². The zero-order valence-corrected chi connectivity index (χ0v) is 13.7. The van der Waals surface area contributed by atoms with E-state index in [-0.39, 0.29) is 23.3 Å². The number of rotatable bonds is 4. The van der Waals surface area contributed by atoms with E-state index in [4.69, 9.17) is 27.9 Å². The molecule has 1 aliphatic rings. The Hall–Kier alpha value is -0.980. The summed E-state index contributed by atoms with van der Waals surface area (Å²) in [6.07, 6.45) is 0.376. The van der Waals surface area contributed by atoms with Crippen molar-refractivity contribution in [1.82, 2.24) is 0 Å². The van der Waals surface area contributed by atoms with Gasteiger partial charge in [-0.05, 0) is 24.6 Å². The lowest BCUT2D eigenvalue weighted by Crippen LogP contribution is -2.42. The van der Waals surface area contributed by atoms with Crippen LogP contribution in [0.15, 0.2) is 18.2 Å². The topological polar surface area (TPSA) is 63.7 Å². The summed E-state index contributed by atoms with van der Waals surface area (Å²) in [5, 5.41) is 0.430. The number of hydrogen-bond donors (Lipinski definition) is 0. The highest BCUT2D eigenvalue weighted by molar-refractivity contribution is 7.91. The molecule has 0 aliphatic carbocycles. The van der Waals surface area contributed by atoms with E-state index in [2.05, 4.69) is 0 Å². The molecule has 1 atom stereocenters. The summed E-state index contributed by atoms with van der Waals surface area (Å²) >= 11 is 11.7. The second-order valence-electron chi connectivity index (χ2n) is 4.77. The van der Waals surface area contributed by atoms with Crippen LogP contribution in [0.4, 0.5) is 5.69 Å². The summed E-state index contributed by atoms with van der Waals surface area (Å²) in [4.78, 5) is 13.6. The van der Waals surface area contributed by atoms with Gasteiger partial charge in [0.1, 0.15) is 11.6 Å². The van der Waals surface area contributed by atoms with E-state index in [1.807, 2.05) is 0 Å². The molecule has 0 saturated carbocycles. The number of benzene rings is 1. The Kier molecular flexibility index (Phi) is 5.01. The molecule has 1 heterocycles. The number of carbonyl (C=O) groups is 1. The van der Waals surface area contributed by atoms with Crippen LogP contribution >= 0.6 is 23.2 Å². The van der Waals surface area contributed by atoms with Gasteiger partial charge < -0.3 is 9.64 Å². The Morgan fingerprint density at radius 3 is 2.71 bits per heavy atom. The Morgan fingerprint density at radius 2 is 2.19 bits per heavy atom. The van der Waals surface area contributed by atoms with E-state index in [1.165, 1.54) is 12.0 Å². The molecule has 0 aromatic heterocycles. The maximum absolute atomic E-state index is 12.2. The first-order chi connectivity index (χ1) is 9.88. The van der Waals surface area contributed by atoms with Crippen molar-refractivity contribution >= 4 is 44.6 Å². The van der Waals surface area contributed by atoms with Crippen molar-refractivity contribution in [3.63, 3.8) is 0 Å². The van der Waals surface area contributed by atoms with Gasteiger partial charge >= 0.3 is 0 Å². The number of alkyl halides is 1. The monoisotopic (exact) mass is 351 g/mol. The van der Waals surface area contributed by atoms with Gasteiger partial charge in [-0.15, -0.1) is 11.6 Å². The molecule has 0 radical (unpaired) electrons. The van der Waals surface area contributed by atoms with Crippen molar-refractivity contribution in [2.75, 3.05) is 29.4 Å². The minimum atomic E-state index is -3.13. The molecule has 0 bridgehead atoms. The Morgan fingerprint density at radius 1 is 1.48 bits per heavy atom. The molecule has 5 nitrogen and oxygen atoms in total. The predicted molar refractivity (Wildman–Crippen MR) is 83.3 cm³/mol. The van der Waals surface area contributed by atoms with Gasteiger partial charge in [0, 0.05) is 5.02 Å². The number of halogens is 2. The van der Waals surface area contributed by atoms with Crippen molar-refractivity contribution in [2.45, 2.75) is 12.5 Å². The van der Waals surface area contributed by atoms with Crippen LogP contribution in [0.2, 0.25) is 5.02 Å². The number of methoxy groups -OCH3 is 1. The van der Waals surface area contributed by atoms with Gasteiger partial charge in [-0.2, -0.15) is 0 Å². The molecular formula is C13H15Cl2NO4S. The summed E-state index contributed by atoms with van der Waals surface area (Å²) in [6, 6.07) is 4.40. The molecule has 1 aromatic carbocycles. The Balaban J connectivity index is 2.46. The van der Waals surface area contributed by atoms with Crippen LogP contribution in [0.3, 0.4) is 0 Å². The van der Waals surface area contributed by atoms with Gasteiger partial charge in [-0.3, -0.25) is 4.79 Å². The second-order valence-corrected chi connectivity index (χ2v) is 7.70. The molecule has 0 unspecified atom stereocenters. The predicted octanol–water partition coefficient (Wildman–Crippen LogP) is 2.11. The fourth-order valence-corrected chi connectivity index (χ4v) is 4.42. The largest absolute Gasteiger partial charge is 0.495 e. The summed E-state index contributed by atoms with van der Waals surface area (Å²) in [7, 11) is -1.66. The van der Waals surface area contributed by atoms with E-state index < -0.39 is 15.9 Å². The number of sulfone groups is 1. The highest BCUT2D eigenvalue weighted by atomic mass is 35.5. The minimum absolute atomic E-state index is 0.0621. The summed E-state index contributed by atoms with van der Waals surface area (Å²) in [6.45, 7) is 0. The Labute approximate surface area is 133 Å². The van der Waals surface area contributed by atoms with E-state index in [0.29, 0.717) is 22.9 Å². The minimum Gasteiger partial charge on any atom is -0.495 e. The lowest BCUT2D eigenvalue weighted by atomic mass is 10.1. The molecule has 2 rings (SSSR count). The van der Waals surface area contributed by atoms with Crippen LogP contribution in [0, 0.1) is 0 Å². The maximum Gasteiger partial charge on any atom is 0.242 e. The van der Waals surface area contributed by atoms with Gasteiger partial charge in [-0.25, -0.2) is 8.42 Å². The van der Waals surface area contributed by atoms with Crippen LogP contribution in [-0.2, 0) is 14.6 Å². The second kappa shape index (κ2) is 6.42. The van der Waals surface area contributed by atoms with Gasteiger partial charge in [0.25, 0.3) is 0 Å². The first kappa shape index (κ1) is 16.4. The average Bonchev–Trinajstić information content (AvgIpc) is 2.79. The zero-order chi connectivity index (χ0) is 15.6. The molecule has 1 saturated heterocycles. The molecule has 0 N–H and O–H groups in total. The lowest BCUT2D eigenvalue weighted by Gasteiger charge is -2.29. The van der Waals surface area contributed by atoms with Crippen LogP contribution in [0.25, 0.3) is 0 Å². The first-order valence-corrected chi connectivity index (χ1v) is 9.03. The number of nitrogens with zero attached hydrogens (tertiary/aromatic N) is 1. The molecule has 8 heteroatoms. The van der Waals surface area contributed by atoms with Crippen LogP contribution < -0.4 is 9.64 Å². The fourth-order valence-electron chi connectivity index (χ4n) is 2.43. The summed E-state index contributed by atoms with van der Waals surface area (Å²) < 4.78 is 28.6. The molecule has 1 aliphatic heterocycles. The fraction of sp³-hybridized carbons (Fsp3) is 0.462. The van der Waals surface area contributed by atoms with Crippen LogP contribution in [0.1, 0.15) is 6.42 Å². The molecule has 1 aromatic rings. The molecule has 0 spiro atoms. The van der Waals surface area contributed by atoms with E-state index in [9.17, 15) is 13.2 Å². The number of anilines is 1. The van der Waals surface area contributed by atoms with Gasteiger partial charge in [0.2, 0.25) is 5.91 Å². The average molecular weight is 352 g/mol. The van der Waals surface area contributed by atoms with Crippen molar-refractivity contribution < 1.29 is 17.9 Å². The summed E-state index contributed by atoms with van der Waals surface area (Å²) in [5.74, 6) is -0.189. The van der Waals surface area contributed by atoms with Crippen molar-refractivity contribution in [2.24, 2.45) is 0 Å². The van der Waals surface area contributed by atoms with Crippen molar-refractivity contribution in [3.8, 4) is 5.75 Å². The molecule has 1 fully saturated rings. The SMILES string of the molecule is COc1ccc(Cl)cc1N(C(=O)CCl)[C@@H]1CCS(=O)(=O)C1. The number of hydrogen-bond acceptors (Lipinski definition) is 4. The molecule has 1 amide bonds. The molecule has 21 heavy (non-hydrogen) atoms. The first-order valence-electron chi connectivity index (χ1n) is 6.30. The van der Waals surface area contributed by atoms with Crippen LogP contribution in [-0.4, -0.2) is 44.9 Å². The van der Waals surface area contributed by atoms with E-state index >= 15 is 0 Å². The Bertz CT molecular complexity index is 648. The van der Waals surface area contributed by atoms with Crippen LogP contribution in [0.5, 0.6) is 5.75 Å². The van der Waals surface area contributed by atoms with Crippen molar-refractivity contribution in [1.29, 1.82) is 0 Å². The molecule has 116 valence electrons. The highest BCUT2D eigenvalue weighted by Crippen LogP contribution is 2.35. The van der Waals surface area contributed by atoms with Crippen molar-refractivity contribution in [3.05, 3.63) is 23.2 Å². The third kappa shape index (κ3) is 3.62. The summed E-state index contributed by atoms with van der Waals surface area (Å²) in [5.41, 5.74) is 0.442. The third-order valence-electron chi connectivity index (χ3n) is 3.36. The van der Waals surface area contributed by atoms with E-state index in [0.717, 1.165) is 0 Å². The highest BCUT2D eigenvalue weighted by Gasteiger charge is 2.36. The smallest absolute Gasteiger partial charge is 0.242 e. The maximum atomic E-state index is 12.2. The third-order valence-corrected chi connectivity index (χ3v) is 5.57. The van der Waals surface area contributed by atoms with E-state index in [1.54, 1.807) is 18.2 Å². The van der Waals surface area contributed by atoms with Gasteiger partial charge in [0.05, 0.1) is 30.3 Å². The zero-order valence-electron chi connectivity index (χ0n) is 11.4. The molecular weight excluding hydrogens is 337 g/mol. The number of carbonyl (C=O) groups excluding carboxylic acids is 1. The van der Waals surface area contributed by atoms with Gasteiger partial charge in [0.15, 0.2) is 9.84 Å². The lowest BCUT2D eigenvalue weighted by molar-refractivity contribution is -0.116. The quantitative estimate of drug-likeness (QED) is 0.779. The standard InChI is InChI=1S/C13H15Cl2NO4S/c1-20-12-3-2-9(15)6-11(12)16(13(17)7-14)10-4-5-21(18,19)8-10/h2-3,6,10H,4-5,7-8H2,1H3/t10-/m1/s1. The normalized spacial score (nSPS) is 20.2.